The van der Waals surface area contributed by atoms with Gasteiger partial charge in [0.25, 0.3) is 0 Å². The first kappa shape index (κ1) is 14.6. The second-order valence-electron chi connectivity index (χ2n) is 5.81. The summed E-state index contributed by atoms with van der Waals surface area (Å²) in [5.74, 6) is 0. The Labute approximate surface area is 114 Å². The van der Waals surface area contributed by atoms with Crippen LogP contribution in [-0.4, -0.2) is 98.5 Å². The first-order chi connectivity index (χ1) is 8.49. The van der Waals surface area contributed by atoms with E-state index in [-0.39, 0.29) is 15.1 Å². The predicted octanol–water partition coefficient (Wildman–Crippen LogP) is 1.29. The molecule has 0 amide bonds. The zero-order valence-corrected chi connectivity index (χ0v) is 13.8. The molecule has 2 heterocycles. The Morgan fingerprint density at radius 3 is 1.94 bits per heavy atom. The van der Waals surface area contributed by atoms with E-state index >= 15 is 0 Å². The number of rotatable bonds is 4. The molecule has 18 heavy (non-hydrogen) atoms. The van der Waals surface area contributed by atoms with Crippen LogP contribution in [0.15, 0.2) is 0 Å². The zero-order chi connectivity index (χ0) is 13.3. The molecule has 2 saturated heterocycles. The molecular weight excluding hydrogens is 260 g/mol. The Hall–Kier alpha value is 0.220. The number of piperazine rings is 1. The molecule has 0 aromatic carbocycles. The molecule has 3 nitrogen and oxygen atoms in total. The first-order valence-corrected chi connectivity index (χ1v) is 10.8. The molecule has 0 aliphatic carbocycles. The van der Waals surface area contributed by atoms with Crippen LogP contribution in [0.4, 0.5) is 0 Å². The van der Waals surface area contributed by atoms with Gasteiger partial charge in [0.15, 0.2) is 15.1 Å². The Bertz CT molecular complexity index is 317. The van der Waals surface area contributed by atoms with Crippen LogP contribution in [0, 0.1) is 0 Å². The highest BCUT2D eigenvalue weighted by Gasteiger charge is 2.45. The number of hydrogen-bond donors (Lipinski definition) is 0. The second kappa shape index (κ2) is 6.11. The van der Waals surface area contributed by atoms with E-state index < -0.39 is 0 Å². The van der Waals surface area contributed by atoms with E-state index in [2.05, 4.69) is 47.7 Å². The van der Waals surface area contributed by atoms with Crippen LogP contribution in [0.25, 0.3) is 0 Å². The molecule has 2 rings (SSSR count). The lowest BCUT2D eigenvalue weighted by molar-refractivity contribution is 0.0147. The van der Waals surface area contributed by atoms with Gasteiger partial charge in [-0.2, -0.15) is 0 Å². The predicted molar refractivity (Wildman–Crippen MR) is 88.1 cm³/mol. The van der Waals surface area contributed by atoms with Gasteiger partial charge in [-0.25, -0.2) is 4.90 Å². The van der Waals surface area contributed by atoms with Crippen LogP contribution in [0.1, 0.15) is 0 Å². The first-order valence-electron chi connectivity index (χ1n) is 6.72. The summed E-state index contributed by atoms with van der Waals surface area (Å²) in [4.78, 5) is 7.74. The van der Waals surface area contributed by atoms with Crippen LogP contribution in [0.2, 0.25) is 0 Å². The Morgan fingerprint density at radius 2 is 1.50 bits per heavy atom. The van der Waals surface area contributed by atoms with Crippen molar-refractivity contribution in [3.8, 4) is 0 Å². The maximum absolute atomic E-state index is 4.29. The van der Waals surface area contributed by atoms with Gasteiger partial charge in [0.1, 0.15) is 13.3 Å². The topological polar surface area (TPSA) is 9.72 Å². The average Bonchev–Trinajstić information content (AvgIpc) is 2.23. The van der Waals surface area contributed by atoms with Crippen molar-refractivity contribution in [1.82, 2.24) is 14.7 Å². The SMILES string of the molecule is C=[P+](C)C(N1CC(N2CCN(C)CC2)C1)[P+](=C)C. The van der Waals surface area contributed by atoms with Gasteiger partial charge in [0, 0.05) is 45.3 Å². The third-order valence-corrected chi connectivity index (χ3v) is 8.66. The summed E-state index contributed by atoms with van der Waals surface area (Å²) in [5.41, 5.74) is 0.679. The largest absolute Gasteiger partial charge is 0.316 e. The summed E-state index contributed by atoms with van der Waals surface area (Å²) in [7, 11) is 1.97. The number of hydrogen-bond acceptors (Lipinski definition) is 3. The number of likely N-dealkylation sites (N-methyl/N-ethyl adjacent to an activating group) is 1. The third-order valence-electron chi connectivity index (χ3n) is 4.06. The third kappa shape index (κ3) is 3.21. The maximum atomic E-state index is 4.29. The molecule has 0 aromatic rings. The van der Waals surface area contributed by atoms with Gasteiger partial charge in [-0.15, -0.1) is 0 Å². The van der Waals surface area contributed by atoms with Gasteiger partial charge in [-0.1, -0.05) is 0 Å². The van der Waals surface area contributed by atoms with E-state index in [0.717, 1.165) is 6.04 Å². The van der Waals surface area contributed by atoms with Crippen molar-refractivity contribution < 1.29 is 0 Å². The number of nitrogens with zero attached hydrogens (tertiary/aromatic N) is 3. The van der Waals surface area contributed by atoms with E-state index in [1.54, 1.807) is 0 Å². The highest BCUT2D eigenvalue weighted by molar-refractivity contribution is 7.72. The highest BCUT2D eigenvalue weighted by atomic mass is 31.2. The van der Waals surface area contributed by atoms with Crippen LogP contribution < -0.4 is 0 Å². The van der Waals surface area contributed by atoms with Crippen molar-refractivity contribution in [3.05, 3.63) is 0 Å². The lowest BCUT2D eigenvalue weighted by Crippen LogP contribution is -2.63. The van der Waals surface area contributed by atoms with Crippen molar-refractivity contribution in [1.29, 1.82) is 0 Å². The standard InChI is InChI=1S/C13H27N3P2/c1-14-6-8-15(9-7-14)12-10-16(11-12)13(17(2)3)18(4)5/h12-13H,2,4,6-11H2,1,3,5H3/q+2. The molecular formula is C13H27N3P2+2. The molecule has 0 spiro atoms. The molecule has 0 aromatic heterocycles. The second-order valence-corrected chi connectivity index (χ2v) is 10.2. The summed E-state index contributed by atoms with van der Waals surface area (Å²) in [6, 6.07) is 0.797. The van der Waals surface area contributed by atoms with E-state index in [1.165, 1.54) is 39.3 Å². The summed E-state index contributed by atoms with van der Waals surface area (Å²) < 4.78 is 0. The summed E-state index contributed by atoms with van der Waals surface area (Å²) in [6.45, 7) is 12.0. The normalized spacial score (nSPS) is 27.7. The minimum absolute atomic E-state index is 0.126. The van der Waals surface area contributed by atoms with Gasteiger partial charge >= 0.3 is 5.52 Å². The van der Waals surface area contributed by atoms with Crippen molar-refractivity contribution >= 4 is 27.7 Å². The zero-order valence-electron chi connectivity index (χ0n) is 12.0. The monoisotopic (exact) mass is 287 g/mol. The van der Waals surface area contributed by atoms with E-state index in [1.807, 2.05) is 0 Å². The van der Waals surface area contributed by atoms with Crippen molar-refractivity contribution in [2.45, 2.75) is 11.6 Å². The summed E-state index contributed by atoms with van der Waals surface area (Å²) in [6.07, 6.45) is 8.58. The summed E-state index contributed by atoms with van der Waals surface area (Å²) >= 11 is 0. The molecule has 5 heteroatoms. The Balaban J connectivity index is 1.82. The fraction of sp³-hybridized carbons (Fsp3) is 0.846. The van der Waals surface area contributed by atoms with E-state index in [4.69, 9.17) is 0 Å². The van der Waals surface area contributed by atoms with Gasteiger partial charge in [-0.05, 0) is 7.05 Å². The molecule has 0 radical (unpaired) electrons. The van der Waals surface area contributed by atoms with Crippen molar-refractivity contribution in [2.24, 2.45) is 0 Å². The minimum atomic E-state index is -0.126. The lowest BCUT2D eigenvalue weighted by atomic mass is 10.1. The molecule has 102 valence electrons. The van der Waals surface area contributed by atoms with Gasteiger partial charge in [-0.3, -0.25) is 4.90 Å². The molecule has 2 atom stereocenters. The van der Waals surface area contributed by atoms with Crippen LogP contribution in [0.5, 0.6) is 0 Å². The lowest BCUT2D eigenvalue weighted by Gasteiger charge is -2.47. The van der Waals surface area contributed by atoms with Gasteiger partial charge < -0.3 is 4.90 Å². The highest BCUT2D eigenvalue weighted by Crippen LogP contribution is 2.44. The van der Waals surface area contributed by atoms with Gasteiger partial charge in [0.05, 0.1) is 12.6 Å². The quantitative estimate of drug-likeness (QED) is 0.722. The van der Waals surface area contributed by atoms with E-state index in [9.17, 15) is 0 Å². The van der Waals surface area contributed by atoms with Gasteiger partial charge in [0.2, 0.25) is 0 Å². The molecule has 0 bridgehead atoms. The molecule has 2 aliphatic heterocycles. The Kier molecular flexibility index (Phi) is 4.97. The van der Waals surface area contributed by atoms with Crippen molar-refractivity contribution in [3.63, 3.8) is 0 Å². The fourth-order valence-electron chi connectivity index (χ4n) is 2.99. The molecule has 2 aliphatic rings. The van der Waals surface area contributed by atoms with E-state index in [0.29, 0.717) is 5.52 Å². The minimum Gasteiger partial charge on any atom is -0.304 e. The van der Waals surface area contributed by atoms with Crippen LogP contribution >= 0.6 is 15.1 Å². The molecule has 0 saturated carbocycles. The maximum Gasteiger partial charge on any atom is 0.316 e. The van der Waals surface area contributed by atoms with Crippen molar-refractivity contribution in [2.75, 3.05) is 59.6 Å². The molecule has 0 N–H and O–H groups in total. The van der Waals surface area contributed by atoms with Crippen LogP contribution in [0.3, 0.4) is 0 Å². The number of likely N-dealkylation sites (tertiary alicyclic amines) is 1. The average molecular weight is 287 g/mol. The molecule has 2 unspecified atom stereocenters. The molecule has 2 fully saturated rings. The van der Waals surface area contributed by atoms with Crippen LogP contribution in [-0.2, 0) is 0 Å². The summed E-state index contributed by atoms with van der Waals surface area (Å²) in [5, 5.41) is 0. The fourth-order valence-corrected chi connectivity index (χ4v) is 7.17. The Morgan fingerprint density at radius 1 is 1.00 bits per heavy atom. The smallest absolute Gasteiger partial charge is 0.304 e.